The molecule has 1 fully saturated rings. The van der Waals surface area contributed by atoms with Crippen LogP contribution in [0.4, 0.5) is 5.95 Å². The standard InChI is InChI=1S/C24H19N3O6/c1-31-13-9-10-17(32-2)14(12-13)21(28)19-20(18-8-5-11-33-18)27(23(30)22(19)29)24-25-15-6-3-4-7-16(15)26-24/h3-12,20,28H,1-2H3,(H,25,26)/b21-19+. The number of ketones is 1. The molecule has 0 saturated carbocycles. The van der Waals surface area contributed by atoms with Gasteiger partial charge in [-0.25, -0.2) is 4.98 Å². The molecule has 33 heavy (non-hydrogen) atoms. The SMILES string of the molecule is COc1ccc(OC)c(/C(O)=C2\C(=O)C(=O)N(c3nc4ccccc4[nH]3)C2c2ccco2)c1. The number of aliphatic hydroxyl groups is 1. The molecular weight excluding hydrogens is 426 g/mol. The van der Waals surface area contributed by atoms with Crippen molar-refractivity contribution in [2.45, 2.75) is 6.04 Å². The van der Waals surface area contributed by atoms with E-state index in [2.05, 4.69) is 9.97 Å². The highest BCUT2D eigenvalue weighted by Gasteiger charge is 2.49. The van der Waals surface area contributed by atoms with E-state index in [4.69, 9.17) is 13.9 Å². The number of furan rings is 1. The van der Waals surface area contributed by atoms with Gasteiger partial charge in [0.15, 0.2) is 0 Å². The molecule has 166 valence electrons. The van der Waals surface area contributed by atoms with Gasteiger partial charge in [-0.3, -0.25) is 14.5 Å². The fourth-order valence-electron chi connectivity index (χ4n) is 3.96. The molecule has 1 aliphatic rings. The van der Waals surface area contributed by atoms with Crippen molar-refractivity contribution in [3.63, 3.8) is 0 Å². The Kier molecular flexibility index (Phi) is 4.86. The van der Waals surface area contributed by atoms with Crippen molar-refractivity contribution in [1.29, 1.82) is 0 Å². The first-order valence-electron chi connectivity index (χ1n) is 10.0. The number of aromatic nitrogens is 2. The van der Waals surface area contributed by atoms with Gasteiger partial charge in [0, 0.05) is 0 Å². The Balaban J connectivity index is 1.74. The highest BCUT2D eigenvalue weighted by Crippen LogP contribution is 2.43. The van der Waals surface area contributed by atoms with Crippen molar-refractivity contribution in [3.05, 3.63) is 77.8 Å². The highest BCUT2D eigenvalue weighted by atomic mass is 16.5. The maximum atomic E-state index is 13.2. The van der Waals surface area contributed by atoms with Crippen LogP contribution in [0, 0.1) is 0 Å². The van der Waals surface area contributed by atoms with Crippen LogP contribution in [0.3, 0.4) is 0 Å². The lowest BCUT2D eigenvalue weighted by Crippen LogP contribution is -2.30. The minimum Gasteiger partial charge on any atom is -0.507 e. The molecule has 0 spiro atoms. The van der Waals surface area contributed by atoms with E-state index < -0.39 is 23.5 Å². The number of benzene rings is 2. The third kappa shape index (κ3) is 3.21. The second-order valence-electron chi connectivity index (χ2n) is 7.33. The van der Waals surface area contributed by atoms with Crippen LogP contribution in [0.15, 0.2) is 70.9 Å². The molecule has 2 aromatic heterocycles. The molecule has 9 heteroatoms. The fraction of sp³-hybridized carbons (Fsp3) is 0.125. The molecule has 1 unspecified atom stereocenters. The summed E-state index contributed by atoms with van der Waals surface area (Å²) in [6.07, 6.45) is 1.43. The maximum absolute atomic E-state index is 13.2. The van der Waals surface area contributed by atoms with Gasteiger partial charge in [-0.05, 0) is 42.5 Å². The van der Waals surface area contributed by atoms with Crippen molar-refractivity contribution in [3.8, 4) is 11.5 Å². The molecule has 5 rings (SSSR count). The van der Waals surface area contributed by atoms with E-state index in [1.165, 1.54) is 31.4 Å². The number of carbonyl (C=O) groups is 2. The topological polar surface area (TPSA) is 118 Å². The molecule has 0 radical (unpaired) electrons. The number of anilines is 1. The summed E-state index contributed by atoms with van der Waals surface area (Å²) in [4.78, 5) is 35.1. The molecule has 4 aromatic rings. The van der Waals surface area contributed by atoms with E-state index in [0.29, 0.717) is 22.5 Å². The minimum atomic E-state index is -1.04. The van der Waals surface area contributed by atoms with E-state index in [-0.39, 0.29) is 22.8 Å². The van der Waals surface area contributed by atoms with E-state index in [1.807, 2.05) is 18.2 Å². The largest absolute Gasteiger partial charge is 0.507 e. The van der Waals surface area contributed by atoms with Crippen LogP contribution in [0.2, 0.25) is 0 Å². The van der Waals surface area contributed by atoms with E-state index in [0.717, 1.165) is 0 Å². The number of aromatic amines is 1. The third-order valence-corrected chi connectivity index (χ3v) is 5.52. The van der Waals surface area contributed by atoms with Gasteiger partial charge in [0.25, 0.3) is 5.78 Å². The Morgan fingerprint density at radius 1 is 1.09 bits per heavy atom. The molecule has 0 aliphatic carbocycles. The number of aliphatic hydroxyl groups excluding tert-OH is 1. The number of methoxy groups -OCH3 is 2. The number of carbonyl (C=O) groups excluding carboxylic acids is 2. The predicted octanol–water partition coefficient (Wildman–Crippen LogP) is 3.80. The molecule has 0 bridgehead atoms. The number of rotatable bonds is 5. The maximum Gasteiger partial charge on any atom is 0.302 e. The lowest BCUT2D eigenvalue weighted by atomic mass is 9.98. The molecule has 2 aromatic carbocycles. The van der Waals surface area contributed by atoms with Crippen LogP contribution in [-0.2, 0) is 9.59 Å². The zero-order valence-electron chi connectivity index (χ0n) is 17.7. The number of hydrogen-bond acceptors (Lipinski definition) is 7. The van der Waals surface area contributed by atoms with Gasteiger partial charge in [0.1, 0.15) is 29.1 Å². The Morgan fingerprint density at radius 2 is 1.91 bits per heavy atom. The van der Waals surface area contributed by atoms with Crippen LogP contribution in [0.5, 0.6) is 11.5 Å². The third-order valence-electron chi connectivity index (χ3n) is 5.52. The number of imidazole rings is 1. The van der Waals surface area contributed by atoms with Crippen molar-refractivity contribution in [2.24, 2.45) is 0 Å². The molecule has 1 amide bonds. The van der Waals surface area contributed by atoms with Gasteiger partial charge >= 0.3 is 5.91 Å². The Hall–Kier alpha value is -4.53. The second-order valence-corrected chi connectivity index (χ2v) is 7.33. The summed E-state index contributed by atoms with van der Waals surface area (Å²) >= 11 is 0. The molecule has 2 N–H and O–H groups in total. The fourth-order valence-corrected chi connectivity index (χ4v) is 3.96. The molecule has 1 saturated heterocycles. The van der Waals surface area contributed by atoms with Crippen LogP contribution >= 0.6 is 0 Å². The smallest absolute Gasteiger partial charge is 0.302 e. The average Bonchev–Trinajstić information content (AvgIpc) is 3.56. The monoisotopic (exact) mass is 445 g/mol. The molecular formula is C24H19N3O6. The van der Waals surface area contributed by atoms with Crippen molar-refractivity contribution in [2.75, 3.05) is 19.1 Å². The average molecular weight is 445 g/mol. The van der Waals surface area contributed by atoms with Crippen molar-refractivity contribution < 1.29 is 28.6 Å². The number of amides is 1. The first-order valence-corrected chi connectivity index (χ1v) is 10.0. The summed E-state index contributed by atoms with van der Waals surface area (Å²) in [6.45, 7) is 0. The summed E-state index contributed by atoms with van der Waals surface area (Å²) in [6, 6.07) is 14.3. The Labute approximate surface area is 187 Å². The number of para-hydroxylation sites is 2. The first-order chi connectivity index (χ1) is 16.0. The number of nitrogens with one attached hydrogen (secondary N) is 1. The summed E-state index contributed by atoms with van der Waals surface area (Å²) in [5.74, 6) is -0.934. The number of hydrogen-bond donors (Lipinski definition) is 2. The number of ether oxygens (including phenoxy) is 2. The Bertz CT molecular complexity index is 1370. The van der Waals surface area contributed by atoms with Gasteiger partial charge in [-0.15, -0.1) is 0 Å². The van der Waals surface area contributed by atoms with Crippen LogP contribution in [-0.4, -0.2) is 41.0 Å². The molecule has 1 aliphatic heterocycles. The van der Waals surface area contributed by atoms with Crippen LogP contribution in [0.25, 0.3) is 16.8 Å². The summed E-state index contributed by atoms with van der Waals surface area (Å²) in [7, 11) is 2.92. The van der Waals surface area contributed by atoms with Gasteiger partial charge in [-0.2, -0.15) is 0 Å². The molecule has 9 nitrogen and oxygen atoms in total. The predicted molar refractivity (Wildman–Crippen MR) is 119 cm³/mol. The van der Waals surface area contributed by atoms with Gasteiger partial charge < -0.3 is 24.0 Å². The summed E-state index contributed by atoms with van der Waals surface area (Å²) < 4.78 is 16.2. The lowest BCUT2D eigenvalue weighted by Gasteiger charge is -2.21. The Morgan fingerprint density at radius 3 is 2.61 bits per heavy atom. The van der Waals surface area contributed by atoms with E-state index >= 15 is 0 Å². The van der Waals surface area contributed by atoms with Gasteiger partial charge in [-0.1, -0.05) is 12.1 Å². The van der Waals surface area contributed by atoms with Gasteiger partial charge in [0.2, 0.25) is 5.95 Å². The first kappa shape index (κ1) is 20.4. The van der Waals surface area contributed by atoms with E-state index in [1.54, 1.807) is 30.3 Å². The second kappa shape index (κ2) is 7.86. The number of fused-ring (bicyclic) bond motifs is 1. The van der Waals surface area contributed by atoms with Crippen molar-refractivity contribution in [1.82, 2.24) is 9.97 Å². The van der Waals surface area contributed by atoms with E-state index in [9.17, 15) is 14.7 Å². The quantitative estimate of drug-likeness (QED) is 0.273. The molecule has 1 atom stereocenters. The molecule has 3 heterocycles. The van der Waals surface area contributed by atoms with Gasteiger partial charge in [0.05, 0.1) is 42.7 Å². The normalized spacial score (nSPS) is 17.6. The van der Waals surface area contributed by atoms with Crippen LogP contribution < -0.4 is 14.4 Å². The minimum absolute atomic E-state index is 0.151. The zero-order chi connectivity index (χ0) is 23.1. The zero-order valence-corrected chi connectivity index (χ0v) is 17.7. The summed E-state index contributed by atoms with van der Waals surface area (Å²) in [5, 5.41) is 11.3. The number of H-pyrrole nitrogens is 1. The van der Waals surface area contributed by atoms with Crippen molar-refractivity contribution >= 4 is 34.4 Å². The van der Waals surface area contributed by atoms with Crippen LogP contribution in [0.1, 0.15) is 17.4 Å². The lowest BCUT2D eigenvalue weighted by molar-refractivity contribution is -0.132. The number of nitrogens with zero attached hydrogens (tertiary/aromatic N) is 2. The summed E-state index contributed by atoms with van der Waals surface area (Å²) in [5.41, 5.74) is 1.38. The highest BCUT2D eigenvalue weighted by molar-refractivity contribution is 6.51. The number of Topliss-reactive ketones (excluding diaryl/α,β-unsaturated/α-hetero) is 1.